The first-order valence-electron chi connectivity index (χ1n) is 17.4. The van der Waals surface area contributed by atoms with Crippen LogP contribution in [0.3, 0.4) is 0 Å². The number of allylic oxidation sites excluding steroid dienone is 3. The predicted octanol–water partition coefficient (Wildman–Crippen LogP) is 9.31. The Morgan fingerprint density at radius 1 is 0.714 bits per heavy atom. The molecule has 6 heterocycles. The Kier molecular flexibility index (Phi) is 4.09. The van der Waals surface area contributed by atoms with E-state index in [1.807, 2.05) is 0 Å². The summed E-state index contributed by atoms with van der Waals surface area (Å²) < 4.78 is 14.7. The smallest absolute Gasteiger partial charge is 0.371 e. The van der Waals surface area contributed by atoms with Crippen molar-refractivity contribution in [3.8, 4) is 34.0 Å². The minimum absolute atomic E-state index is 0.620. The SMILES string of the molecule is Cc1cccc(C)c1-c1c[n+]2c3c4c5c(ccc4c4c6cccc7c6c6c(c4n13)C=CCC6=CC7)Oc1cccc3c1C52[n+]1ccccc1-3. The average molecular weight is 628 g/mol. The van der Waals surface area contributed by atoms with Crippen LogP contribution in [0.1, 0.15) is 45.4 Å². The van der Waals surface area contributed by atoms with Crippen molar-refractivity contribution in [3.05, 3.63) is 148 Å². The van der Waals surface area contributed by atoms with E-state index in [1.165, 1.54) is 105 Å². The third-order valence-electron chi connectivity index (χ3n) is 12.3. The van der Waals surface area contributed by atoms with Crippen LogP contribution < -0.4 is 13.9 Å². The fourth-order valence-corrected chi connectivity index (χ4v) is 10.6. The lowest BCUT2D eigenvalue weighted by atomic mass is 9.78. The van der Waals surface area contributed by atoms with Crippen molar-refractivity contribution >= 4 is 49.7 Å². The van der Waals surface area contributed by atoms with Crippen LogP contribution >= 0.6 is 0 Å². The van der Waals surface area contributed by atoms with Gasteiger partial charge in [0.25, 0.3) is 0 Å². The van der Waals surface area contributed by atoms with E-state index in [9.17, 15) is 0 Å². The Labute approximate surface area is 282 Å². The lowest BCUT2D eigenvalue weighted by Crippen LogP contribution is -2.71. The van der Waals surface area contributed by atoms with E-state index in [4.69, 9.17) is 4.74 Å². The summed E-state index contributed by atoms with van der Waals surface area (Å²) >= 11 is 0. The fraction of sp³-hybridized carbons (Fsp3) is 0.111. The highest BCUT2D eigenvalue weighted by molar-refractivity contribution is 6.28. The van der Waals surface area contributed by atoms with E-state index < -0.39 is 5.66 Å². The monoisotopic (exact) mass is 627 g/mol. The van der Waals surface area contributed by atoms with E-state index in [2.05, 4.69) is 143 Å². The zero-order valence-corrected chi connectivity index (χ0v) is 27.1. The summed E-state index contributed by atoms with van der Waals surface area (Å²) in [6, 6.07) is 31.5. The maximum absolute atomic E-state index is 6.91. The van der Waals surface area contributed by atoms with Crippen molar-refractivity contribution in [2.75, 3.05) is 0 Å². The summed E-state index contributed by atoms with van der Waals surface area (Å²) in [6.45, 7) is 4.53. The Bertz CT molecular complexity index is 3030. The van der Waals surface area contributed by atoms with Crippen LogP contribution in [0, 0.1) is 13.8 Å². The van der Waals surface area contributed by atoms with Gasteiger partial charge in [-0.15, -0.1) is 4.57 Å². The van der Waals surface area contributed by atoms with Gasteiger partial charge in [-0.2, -0.15) is 8.97 Å². The van der Waals surface area contributed by atoms with Crippen molar-refractivity contribution in [3.63, 3.8) is 0 Å². The Morgan fingerprint density at radius 3 is 2.47 bits per heavy atom. The van der Waals surface area contributed by atoms with Gasteiger partial charge >= 0.3 is 11.3 Å². The molecule has 49 heavy (non-hydrogen) atoms. The molecular formula is C45H29N3O+2. The molecule has 8 aromatic rings. The molecule has 3 aliphatic heterocycles. The molecule has 1 spiro atoms. The molecule has 4 nitrogen and oxygen atoms in total. The molecule has 0 bridgehead atoms. The molecule has 5 aliphatic rings. The molecule has 0 saturated heterocycles. The summed E-state index contributed by atoms with van der Waals surface area (Å²) in [6.07, 6.45) is 14.0. The number of ether oxygens (including phenoxy) is 1. The summed E-state index contributed by atoms with van der Waals surface area (Å²) in [5.41, 5.74) is 17.6. The largest absolute Gasteiger partial charge is 0.456 e. The maximum atomic E-state index is 6.91. The number of aryl methyl sites for hydroxylation is 2. The number of benzene rings is 5. The number of hydrogen-bond acceptors (Lipinski definition) is 1. The molecule has 1 unspecified atom stereocenters. The van der Waals surface area contributed by atoms with E-state index >= 15 is 0 Å². The number of pyridine rings is 2. The van der Waals surface area contributed by atoms with Crippen LogP contribution in [-0.4, -0.2) is 4.40 Å². The lowest BCUT2D eigenvalue weighted by molar-refractivity contribution is -0.950. The topological polar surface area (TPSA) is 21.4 Å². The molecule has 0 N–H and O–H groups in total. The van der Waals surface area contributed by atoms with Gasteiger partial charge in [-0.1, -0.05) is 60.7 Å². The minimum atomic E-state index is -0.620. The van der Waals surface area contributed by atoms with Crippen LogP contribution in [0.15, 0.2) is 109 Å². The number of aromatic nitrogens is 3. The first kappa shape index (κ1) is 25.1. The van der Waals surface area contributed by atoms with Crippen LogP contribution in [-0.2, 0) is 12.1 Å². The number of fused-ring (bicyclic) bond motifs is 7. The molecule has 0 radical (unpaired) electrons. The second-order valence-corrected chi connectivity index (χ2v) is 14.5. The second-order valence-electron chi connectivity index (χ2n) is 14.5. The summed E-state index contributed by atoms with van der Waals surface area (Å²) in [5.74, 6) is 1.87. The third kappa shape index (κ3) is 2.53. The number of nitrogens with zero attached hydrogens (tertiary/aromatic N) is 3. The van der Waals surface area contributed by atoms with Gasteiger partial charge < -0.3 is 4.74 Å². The van der Waals surface area contributed by atoms with Gasteiger partial charge in [0.15, 0.2) is 11.9 Å². The molecule has 0 fully saturated rings. The van der Waals surface area contributed by atoms with Crippen molar-refractivity contribution in [2.24, 2.45) is 0 Å². The van der Waals surface area contributed by atoms with Crippen molar-refractivity contribution < 1.29 is 13.9 Å². The van der Waals surface area contributed by atoms with Gasteiger partial charge in [0.2, 0.25) is 5.69 Å². The molecule has 13 rings (SSSR count). The van der Waals surface area contributed by atoms with Gasteiger partial charge in [0.05, 0.1) is 10.9 Å². The van der Waals surface area contributed by atoms with Crippen LogP contribution in [0.4, 0.5) is 0 Å². The fourth-order valence-electron chi connectivity index (χ4n) is 10.6. The van der Waals surface area contributed by atoms with E-state index in [-0.39, 0.29) is 0 Å². The Hall–Kier alpha value is -6.00. The number of hydrogen-bond donors (Lipinski definition) is 0. The third-order valence-corrected chi connectivity index (χ3v) is 12.3. The zero-order chi connectivity index (χ0) is 31.9. The zero-order valence-electron chi connectivity index (χ0n) is 27.1. The van der Waals surface area contributed by atoms with Crippen molar-refractivity contribution in [2.45, 2.75) is 32.4 Å². The molecule has 228 valence electrons. The molecule has 0 saturated carbocycles. The number of rotatable bonds is 1. The second kappa shape index (κ2) is 7.99. The predicted molar refractivity (Wildman–Crippen MR) is 194 cm³/mol. The lowest BCUT2D eigenvalue weighted by Gasteiger charge is -2.28. The molecule has 1 atom stereocenters. The molecular weight excluding hydrogens is 599 g/mol. The molecule has 3 aromatic heterocycles. The van der Waals surface area contributed by atoms with Gasteiger partial charge in [-0.05, 0) is 95.6 Å². The normalized spacial score (nSPS) is 18.1. The average Bonchev–Trinajstić information content (AvgIpc) is 3.77. The van der Waals surface area contributed by atoms with Crippen molar-refractivity contribution in [1.82, 2.24) is 4.40 Å². The molecule has 4 heteroatoms. The maximum Gasteiger partial charge on any atom is 0.371 e. The van der Waals surface area contributed by atoms with Gasteiger partial charge in [-0.25, -0.2) is 0 Å². The van der Waals surface area contributed by atoms with Crippen LogP contribution in [0.5, 0.6) is 11.5 Å². The summed E-state index contributed by atoms with van der Waals surface area (Å²) in [7, 11) is 0. The summed E-state index contributed by atoms with van der Waals surface area (Å²) in [5, 5.41) is 6.68. The van der Waals surface area contributed by atoms with E-state index in [1.54, 1.807) is 0 Å². The standard InChI is InChI=1S/C45H29N3O/c1-24-9-5-10-25(2)36(24)33-23-47-44-40-30(39-29-14-6-11-26-18-19-27-12-7-15-31(38(27)37(26)29)43(39)48(33)44)20-21-35-42(40)45(47)41-28(13-8-17-34(41)49-35)32-16-3-4-22-46(32)45/h3-11,13-17,19-23H,12,18H2,1-2H3/q+2. The van der Waals surface area contributed by atoms with E-state index in [0.29, 0.717) is 0 Å². The highest BCUT2D eigenvalue weighted by atomic mass is 16.5. The van der Waals surface area contributed by atoms with E-state index in [0.717, 1.165) is 24.3 Å². The van der Waals surface area contributed by atoms with Gasteiger partial charge in [0, 0.05) is 34.0 Å². The summed E-state index contributed by atoms with van der Waals surface area (Å²) in [4.78, 5) is 0. The first-order valence-corrected chi connectivity index (χ1v) is 17.4. The molecule has 0 amide bonds. The van der Waals surface area contributed by atoms with Crippen LogP contribution in [0.25, 0.3) is 72.3 Å². The van der Waals surface area contributed by atoms with Gasteiger partial charge in [0.1, 0.15) is 34.3 Å². The number of imidazole rings is 1. The first-order chi connectivity index (χ1) is 24.2. The highest BCUT2D eigenvalue weighted by Crippen LogP contribution is 2.59. The Morgan fingerprint density at radius 2 is 1.55 bits per heavy atom. The van der Waals surface area contributed by atoms with Crippen molar-refractivity contribution in [1.29, 1.82) is 0 Å². The Balaban J connectivity index is 1.38. The highest BCUT2D eigenvalue weighted by Gasteiger charge is 2.68. The van der Waals surface area contributed by atoms with Crippen LogP contribution in [0.2, 0.25) is 0 Å². The quantitative estimate of drug-likeness (QED) is 0.131. The van der Waals surface area contributed by atoms with Gasteiger partial charge in [-0.3, -0.25) is 0 Å². The minimum Gasteiger partial charge on any atom is -0.456 e. The molecule has 5 aromatic carbocycles. The molecule has 2 aliphatic carbocycles.